The van der Waals surface area contributed by atoms with Crippen molar-refractivity contribution in [2.75, 3.05) is 6.54 Å². The van der Waals surface area contributed by atoms with Crippen LogP contribution in [0.1, 0.15) is 30.0 Å². The van der Waals surface area contributed by atoms with Crippen LogP contribution in [-0.2, 0) is 19.5 Å². The molecule has 3 rings (SSSR count). The van der Waals surface area contributed by atoms with Crippen LogP contribution in [0.2, 0.25) is 0 Å². The zero-order valence-electron chi connectivity index (χ0n) is 11.9. The second-order valence-electron chi connectivity index (χ2n) is 5.45. The van der Waals surface area contributed by atoms with Crippen molar-refractivity contribution in [3.8, 4) is 5.75 Å². The minimum atomic E-state index is 0.226. The maximum absolute atomic E-state index is 5.67. The number of thiazole rings is 1. The number of nitrogens with zero attached hydrogens (tertiary/aromatic N) is 2. The van der Waals surface area contributed by atoms with E-state index in [1.54, 1.807) is 11.3 Å². The van der Waals surface area contributed by atoms with Crippen LogP contribution < -0.4 is 4.74 Å². The molecule has 0 bridgehead atoms. The van der Waals surface area contributed by atoms with Crippen LogP contribution in [0.3, 0.4) is 0 Å². The van der Waals surface area contributed by atoms with E-state index in [1.807, 2.05) is 13.8 Å². The van der Waals surface area contributed by atoms with Gasteiger partial charge in [-0.05, 0) is 31.5 Å². The molecule has 3 nitrogen and oxygen atoms in total. The fraction of sp³-hybridized carbons (Fsp3) is 0.438. The molecule has 0 aliphatic carbocycles. The molecule has 1 radical (unpaired) electrons. The molecule has 0 atom stereocenters. The zero-order valence-corrected chi connectivity index (χ0v) is 12.7. The van der Waals surface area contributed by atoms with Crippen molar-refractivity contribution in [2.45, 2.75) is 39.5 Å². The van der Waals surface area contributed by atoms with Crippen LogP contribution in [0, 0.1) is 5.51 Å². The first kappa shape index (κ1) is 13.6. The molecule has 20 heavy (non-hydrogen) atoms. The average Bonchev–Trinajstić information content (AvgIpc) is 2.88. The molecule has 2 heterocycles. The summed E-state index contributed by atoms with van der Waals surface area (Å²) in [7, 11) is 0. The summed E-state index contributed by atoms with van der Waals surface area (Å²) in [5.41, 5.74) is 5.57. The number of hydrogen-bond acceptors (Lipinski definition) is 4. The third kappa shape index (κ3) is 3.19. The molecule has 0 N–H and O–H groups in total. The van der Waals surface area contributed by atoms with Gasteiger partial charge in [-0.1, -0.05) is 12.1 Å². The molecule has 105 valence electrons. The van der Waals surface area contributed by atoms with Gasteiger partial charge in [-0.15, -0.1) is 11.3 Å². The van der Waals surface area contributed by atoms with Crippen LogP contribution >= 0.6 is 11.3 Å². The minimum Gasteiger partial charge on any atom is -0.491 e. The van der Waals surface area contributed by atoms with E-state index in [0.717, 1.165) is 31.8 Å². The van der Waals surface area contributed by atoms with E-state index in [2.05, 4.69) is 39.7 Å². The fourth-order valence-corrected chi connectivity index (χ4v) is 3.24. The first-order valence-electron chi connectivity index (χ1n) is 7.03. The van der Waals surface area contributed by atoms with Gasteiger partial charge in [0.05, 0.1) is 11.8 Å². The second-order valence-corrected chi connectivity index (χ2v) is 6.33. The molecule has 1 aromatic carbocycles. The highest BCUT2D eigenvalue weighted by molar-refractivity contribution is 7.09. The molecular weight excluding hydrogens is 268 g/mol. The molecule has 0 saturated carbocycles. The lowest BCUT2D eigenvalue weighted by molar-refractivity contribution is 0.240. The summed E-state index contributed by atoms with van der Waals surface area (Å²) >= 11 is 1.65. The molecule has 2 aromatic rings. The van der Waals surface area contributed by atoms with Gasteiger partial charge in [-0.2, -0.15) is 0 Å². The maximum Gasteiger partial charge on any atom is 0.152 e. The molecule has 0 saturated heterocycles. The van der Waals surface area contributed by atoms with E-state index >= 15 is 0 Å². The van der Waals surface area contributed by atoms with Gasteiger partial charge in [0.2, 0.25) is 0 Å². The number of fused-ring (bicyclic) bond motifs is 1. The molecule has 0 spiro atoms. The summed E-state index contributed by atoms with van der Waals surface area (Å²) in [5, 5.41) is 0. The Morgan fingerprint density at radius 1 is 1.35 bits per heavy atom. The van der Waals surface area contributed by atoms with Crippen molar-refractivity contribution in [1.29, 1.82) is 0 Å². The predicted octanol–water partition coefficient (Wildman–Crippen LogP) is 3.29. The summed E-state index contributed by atoms with van der Waals surface area (Å²) in [6.45, 7) is 7.16. The van der Waals surface area contributed by atoms with Gasteiger partial charge in [0, 0.05) is 30.9 Å². The van der Waals surface area contributed by atoms with E-state index in [9.17, 15) is 0 Å². The third-order valence-electron chi connectivity index (χ3n) is 3.40. The van der Waals surface area contributed by atoms with Crippen molar-refractivity contribution in [1.82, 2.24) is 9.88 Å². The highest BCUT2D eigenvalue weighted by atomic mass is 32.1. The van der Waals surface area contributed by atoms with E-state index in [0.29, 0.717) is 0 Å². The Bertz CT molecular complexity index is 562. The van der Waals surface area contributed by atoms with Gasteiger partial charge in [0.25, 0.3) is 0 Å². The van der Waals surface area contributed by atoms with Gasteiger partial charge in [0.15, 0.2) is 5.51 Å². The summed E-state index contributed by atoms with van der Waals surface area (Å²) in [6.07, 6.45) is 1.27. The molecular formula is C16H19N2OS. The first-order valence-corrected chi connectivity index (χ1v) is 7.85. The molecule has 0 fully saturated rings. The van der Waals surface area contributed by atoms with E-state index in [-0.39, 0.29) is 6.10 Å². The summed E-state index contributed by atoms with van der Waals surface area (Å²) in [6, 6.07) is 8.44. The largest absolute Gasteiger partial charge is 0.491 e. The van der Waals surface area contributed by atoms with Crippen LogP contribution in [-0.4, -0.2) is 22.5 Å². The van der Waals surface area contributed by atoms with E-state index in [4.69, 9.17) is 4.74 Å². The van der Waals surface area contributed by atoms with Crippen molar-refractivity contribution < 1.29 is 4.74 Å². The Morgan fingerprint density at radius 2 is 2.15 bits per heavy atom. The standard InChI is InChI=1S/C16H19N2OS/c1-12(2)19-14-5-3-13(4-6-14)9-18-8-7-15-16(10-18)20-11-17-15/h3-6,12H,7-10H2,1-2H3. The average molecular weight is 287 g/mol. The number of aromatic nitrogens is 1. The molecule has 1 aliphatic rings. The predicted molar refractivity (Wildman–Crippen MR) is 81.0 cm³/mol. The number of benzene rings is 1. The minimum absolute atomic E-state index is 0.226. The monoisotopic (exact) mass is 287 g/mol. The van der Waals surface area contributed by atoms with Crippen LogP contribution in [0.15, 0.2) is 24.3 Å². The van der Waals surface area contributed by atoms with E-state index in [1.165, 1.54) is 16.1 Å². The van der Waals surface area contributed by atoms with Crippen molar-refractivity contribution in [3.63, 3.8) is 0 Å². The molecule has 1 aromatic heterocycles. The zero-order chi connectivity index (χ0) is 13.9. The van der Waals surface area contributed by atoms with Crippen molar-refractivity contribution >= 4 is 11.3 Å². The Morgan fingerprint density at radius 3 is 2.90 bits per heavy atom. The first-order chi connectivity index (χ1) is 9.70. The quantitative estimate of drug-likeness (QED) is 0.863. The Balaban J connectivity index is 1.61. The van der Waals surface area contributed by atoms with Gasteiger partial charge >= 0.3 is 0 Å². The Labute approximate surface area is 124 Å². The third-order valence-corrected chi connectivity index (χ3v) is 4.20. The highest BCUT2D eigenvalue weighted by Crippen LogP contribution is 2.23. The molecule has 4 heteroatoms. The lowest BCUT2D eigenvalue weighted by Gasteiger charge is -2.26. The molecule has 1 aliphatic heterocycles. The van der Waals surface area contributed by atoms with Crippen LogP contribution in [0.5, 0.6) is 5.75 Å². The molecule has 0 unspecified atom stereocenters. The summed E-state index contributed by atoms with van der Waals surface area (Å²) in [4.78, 5) is 8.12. The maximum atomic E-state index is 5.67. The highest BCUT2D eigenvalue weighted by Gasteiger charge is 2.18. The number of ether oxygens (including phenoxy) is 1. The summed E-state index contributed by atoms with van der Waals surface area (Å²) < 4.78 is 5.67. The SMILES string of the molecule is CC(C)Oc1ccc(CN2CCc3n[c]sc3C2)cc1. The van der Waals surface area contributed by atoms with Gasteiger partial charge < -0.3 is 4.74 Å². The second kappa shape index (κ2) is 5.94. The van der Waals surface area contributed by atoms with Gasteiger partial charge in [-0.25, -0.2) is 4.98 Å². The van der Waals surface area contributed by atoms with Crippen molar-refractivity contribution in [2.24, 2.45) is 0 Å². The lowest BCUT2D eigenvalue weighted by atomic mass is 10.1. The number of rotatable bonds is 4. The smallest absolute Gasteiger partial charge is 0.152 e. The van der Waals surface area contributed by atoms with Gasteiger partial charge in [0.1, 0.15) is 5.75 Å². The van der Waals surface area contributed by atoms with Gasteiger partial charge in [-0.3, -0.25) is 4.90 Å². The van der Waals surface area contributed by atoms with E-state index < -0.39 is 0 Å². The lowest BCUT2D eigenvalue weighted by Crippen LogP contribution is -2.29. The van der Waals surface area contributed by atoms with Crippen molar-refractivity contribution in [3.05, 3.63) is 45.9 Å². The molecule has 0 amide bonds. The fourth-order valence-electron chi connectivity index (χ4n) is 2.46. The summed E-state index contributed by atoms with van der Waals surface area (Å²) in [5.74, 6) is 0.946. The Hall–Kier alpha value is -1.39. The topological polar surface area (TPSA) is 25.4 Å². The Kier molecular flexibility index (Phi) is 4.03. The number of hydrogen-bond donors (Lipinski definition) is 0. The van der Waals surface area contributed by atoms with Crippen LogP contribution in [0.4, 0.5) is 0 Å². The van der Waals surface area contributed by atoms with Crippen LogP contribution in [0.25, 0.3) is 0 Å². The normalized spacial score (nSPS) is 15.3.